The molecule has 1 rings (SSSR count). The van der Waals surface area contributed by atoms with Gasteiger partial charge in [-0.1, -0.05) is 29.5 Å². The molecule has 0 aliphatic heterocycles. The van der Waals surface area contributed by atoms with Crippen molar-refractivity contribution in [1.82, 2.24) is 10.5 Å². The number of nitrogens with one attached hydrogen (secondary N) is 1. The highest BCUT2D eigenvalue weighted by Crippen LogP contribution is 2.09. The topological polar surface area (TPSA) is 105 Å². The molecule has 0 fully saturated rings. The minimum atomic E-state index is -0.520. The van der Waals surface area contributed by atoms with E-state index in [0.29, 0.717) is 18.4 Å². The lowest BCUT2D eigenvalue weighted by Gasteiger charge is -2.09. The number of hydrogen-bond donors (Lipinski definition) is 2. The van der Waals surface area contributed by atoms with E-state index in [1.807, 2.05) is 18.2 Å². The van der Waals surface area contributed by atoms with Crippen molar-refractivity contribution in [2.45, 2.75) is 19.3 Å². The van der Waals surface area contributed by atoms with Crippen LogP contribution in [0.3, 0.4) is 0 Å². The number of nitrogens with zero attached hydrogens (tertiary/aromatic N) is 1. The van der Waals surface area contributed by atoms with Crippen LogP contribution in [0.1, 0.15) is 35.2 Å². The van der Waals surface area contributed by atoms with E-state index in [1.54, 1.807) is 18.2 Å². The van der Waals surface area contributed by atoms with Crippen molar-refractivity contribution < 1.29 is 29.2 Å². The minimum absolute atomic E-state index is 0.157. The summed E-state index contributed by atoms with van der Waals surface area (Å²) in [6.07, 6.45) is 5.03. The molecule has 8 nitrogen and oxygen atoms in total. The summed E-state index contributed by atoms with van der Waals surface area (Å²) >= 11 is 0. The fraction of sp³-hybridized carbons (Fsp3) is 0.353. The number of benzene rings is 1. The molecule has 0 aliphatic rings. The predicted molar refractivity (Wildman–Crippen MR) is 89.3 cm³/mol. The first-order valence-electron chi connectivity index (χ1n) is 7.65. The van der Waals surface area contributed by atoms with Gasteiger partial charge in [-0.15, -0.1) is 0 Å². The molecule has 0 bridgehead atoms. The average molecular weight is 350 g/mol. The maximum absolute atomic E-state index is 11.9. The number of rotatable bonds is 9. The lowest BCUT2D eigenvalue weighted by Crippen LogP contribution is -2.30. The molecule has 0 atom stereocenters. The minimum Gasteiger partial charge on any atom is -0.468 e. The van der Waals surface area contributed by atoms with Crippen molar-refractivity contribution in [3.63, 3.8) is 0 Å². The molecular formula is C17H22N2O6. The summed E-state index contributed by atoms with van der Waals surface area (Å²) in [6.45, 7) is -0.188. The summed E-state index contributed by atoms with van der Waals surface area (Å²) in [5.74, 6) is -1.40. The van der Waals surface area contributed by atoms with Crippen LogP contribution in [-0.2, 0) is 19.2 Å². The molecule has 25 heavy (non-hydrogen) atoms. The second kappa shape index (κ2) is 11.0. The average Bonchev–Trinajstić information content (AvgIpc) is 2.64. The normalized spacial score (nSPS) is 10.5. The number of carbonyl (C=O) groups excluding carboxylic acids is 3. The van der Waals surface area contributed by atoms with Gasteiger partial charge in [-0.05, 0) is 30.5 Å². The molecule has 0 saturated carbocycles. The number of carbonyl (C=O) groups is 3. The van der Waals surface area contributed by atoms with Gasteiger partial charge in [-0.3, -0.25) is 19.6 Å². The van der Waals surface area contributed by atoms with Crippen LogP contribution < -0.4 is 5.32 Å². The third kappa shape index (κ3) is 7.60. The van der Waals surface area contributed by atoms with E-state index in [1.165, 1.54) is 14.2 Å². The standard InChI is InChI=1S/C17H22N2O6/c1-24-16(21)12-18-17(22)14-9-6-8-13(11-14)7-4-3-5-10-15(20)19(23)25-2/h4,6-9,11,23H,3,5,10,12H2,1-2H3,(H,18,22)/b7-4-. The molecule has 0 heterocycles. The number of hydrogen-bond acceptors (Lipinski definition) is 6. The first-order chi connectivity index (χ1) is 12.0. The van der Waals surface area contributed by atoms with Crippen LogP contribution >= 0.6 is 0 Å². The van der Waals surface area contributed by atoms with Crippen LogP contribution in [-0.4, -0.2) is 49.0 Å². The van der Waals surface area contributed by atoms with Crippen molar-refractivity contribution in [1.29, 1.82) is 0 Å². The number of hydroxylamine groups is 2. The van der Waals surface area contributed by atoms with Gasteiger partial charge in [0.2, 0.25) is 0 Å². The van der Waals surface area contributed by atoms with E-state index in [-0.39, 0.29) is 24.1 Å². The third-order valence-corrected chi connectivity index (χ3v) is 3.23. The van der Waals surface area contributed by atoms with E-state index in [2.05, 4.69) is 14.9 Å². The van der Waals surface area contributed by atoms with E-state index in [0.717, 1.165) is 5.56 Å². The van der Waals surface area contributed by atoms with E-state index in [9.17, 15) is 14.4 Å². The number of amides is 2. The van der Waals surface area contributed by atoms with Crippen molar-refractivity contribution >= 4 is 23.9 Å². The lowest BCUT2D eigenvalue weighted by atomic mass is 10.1. The summed E-state index contributed by atoms with van der Waals surface area (Å²) in [5, 5.41) is 11.7. The molecule has 0 spiro atoms. The Morgan fingerprint density at radius 2 is 2.04 bits per heavy atom. The zero-order valence-corrected chi connectivity index (χ0v) is 14.2. The zero-order chi connectivity index (χ0) is 18.7. The second-order valence-corrected chi connectivity index (χ2v) is 5.03. The van der Waals surface area contributed by atoms with Gasteiger partial charge in [0, 0.05) is 12.0 Å². The first kappa shape index (κ1) is 20.3. The van der Waals surface area contributed by atoms with Crippen LogP contribution in [0.5, 0.6) is 0 Å². The molecule has 0 radical (unpaired) electrons. The highest BCUT2D eigenvalue weighted by molar-refractivity contribution is 5.96. The zero-order valence-electron chi connectivity index (χ0n) is 14.2. The molecule has 0 aliphatic carbocycles. The number of esters is 1. The van der Waals surface area contributed by atoms with Gasteiger partial charge in [-0.2, -0.15) is 0 Å². The number of methoxy groups -OCH3 is 1. The predicted octanol–water partition coefficient (Wildman–Crippen LogP) is 1.55. The Bertz CT molecular complexity index is 629. The van der Waals surface area contributed by atoms with Gasteiger partial charge in [0.25, 0.3) is 11.8 Å². The van der Waals surface area contributed by atoms with Crippen molar-refractivity contribution in [2.75, 3.05) is 20.8 Å². The highest BCUT2D eigenvalue weighted by atomic mass is 16.9. The molecule has 1 aromatic rings. The largest absolute Gasteiger partial charge is 0.468 e. The third-order valence-electron chi connectivity index (χ3n) is 3.23. The summed E-state index contributed by atoms with van der Waals surface area (Å²) in [5.41, 5.74) is 1.25. The van der Waals surface area contributed by atoms with E-state index in [4.69, 9.17) is 5.21 Å². The van der Waals surface area contributed by atoms with Gasteiger partial charge >= 0.3 is 5.97 Å². The Labute approximate surface area is 145 Å². The van der Waals surface area contributed by atoms with Gasteiger partial charge in [0.15, 0.2) is 0 Å². The van der Waals surface area contributed by atoms with E-state index >= 15 is 0 Å². The Morgan fingerprint density at radius 1 is 1.28 bits per heavy atom. The molecular weight excluding hydrogens is 328 g/mol. The van der Waals surface area contributed by atoms with Gasteiger partial charge in [0.05, 0.1) is 14.2 Å². The van der Waals surface area contributed by atoms with Crippen molar-refractivity contribution in [3.05, 3.63) is 41.5 Å². The van der Waals surface area contributed by atoms with Crippen LogP contribution in [0.2, 0.25) is 0 Å². The summed E-state index contributed by atoms with van der Waals surface area (Å²) in [7, 11) is 2.45. The monoisotopic (exact) mass is 350 g/mol. The Balaban J connectivity index is 2.48. The molecule has 136 valence electrons. The highest BCUT2D eigenvalue weighted by Gasteiger charge is 2.09. The maximum atomic E-state index is 11.9. The van der Waals surface area contributed by atoms with Crippen LogP contribution in [0.4, 0.5) is 0 Å². The summed E-state index contributed by atoms with van der Waals surface area (Å²) < 4.78 is 4.46. The molecule has 1 aromatic carbocycles. The van der Waals surface area contributed by atoms with Gasteiger partial charge in [0.1, 0.15) is 6.54 Å². The quantitative estimate of drug-likeness (QED) is 0.303. The Hall–Kier alpha value is -2.71. The van der Waals surface area contributed by atoms with Gasteiger partial charge in [-0.25, -0.2) is 4.84 Å². The first-order valence-corrected chi connectivity index (χ1v) is 7.65. The lowest BCUT2D eigenvalue weighted by molar-refractivity contribution is -0.301. The SMILES string of the molecule is COC(=O)CNC(=O)c1cccc(/C=C\CCCC(=O)N(O)OC)c1. The fourth-order valence-electron chi connectivity index (χ4n) is 1.90. The second-order valence-electron chi connectivity index (χ2n) is 5.03. The van der Waals surface area contributed by atoms with Gasteiger partial charge < -0.3 is 10.1 Å². The van der Waals surface area contributed by atoms with Crippen LogP contribution in [0, 0.1) is 0 Å². The fourth-order valence-corrected chi connectivity index (χ4v) is 1.90. The molecule has 0 unspecified atom stereocenters. The molecule has 0 aromatic heterocycles. The number of ether oxygens (including phenoxy) is 1. The summed E-state index contributed by atoms with van der Waals surface area (Å²) in [6, 6.07) is 6.90. The number of unbranched alkanes of at least 4 members (excludes halogenated alkanes) is 1. The molecule has 8 heteroatoms. The Morgan fingerprint density at radius 3 is 2.72 bits per heavy atom. The molecule has 2 N–H and O–H groups in total. The summed E-state index contributed by atoms with van der Waals surface area (Å²) in [4.78, 5) is 38.6. The van der Waals surface area contributed by atoms with Crippen LogP contribution in [0.25, 0.3) is 6.08 Å². The number of allylic oxidation sites excluding steroid dienone is 1. The van der Waals surface area contributed by atoms with Crippen molar-refractivity contribution in [2.24, 2.45) is 0 Å². The molecule has 2 amide bonds. The van der Waals surface area contributed by atoms with Crippen molar-refractivity contribution in [3.8, 4) is 0 Å². The van der Waals surface area contributed by atoms with E-state index < -0.39 is 11.9 Å². The Kier molecular flexibility index (Phi) is 8.91. The van der Waals surface area contributed by atoms with Crippen LogP contribution in [0.15, 0.2) is 30.3 Å². The smallest absolute Gasteiger partial charge is 0.325 e. The maximum Gasteiger partial charge on any atom is 0.325 e. The molecule has 0 saturated heterocycles.